The molecule has 88 valence electrons. The van der Waals surface area contributed by atoms with E-state index in [4.69, 9.17) is 23.2 Å². The second-order valence-electron chi connectivity index (χ2n) is 3.67. The minimum Gasteiger partial charge on any atom is -0.353 e. The predicted octanol–water partition coefficient (Wildman–Crippen LogP) is 1.69. The highest BCUT2D eigenvalue weighted by Gasteiger charge is 2.10. The molecule has 0 radical (unpaired) electrons. The van der Waals surface area contributed by atoms with E-state index in [1.165, 1.54) is 25.9 Å². The van der Waals surface area contributed by atoms with Crippen LogP contribution in [0, 0.1) is 0 Å². The van der Waals surface area contributed by atoms with E-state index in [1.54, 1.807) is 0 Å². The Morgan fingerprint density at radius 1 is 1.06 bits per heavy atom. The van der Waals surface area contributed by atoms with E-state index in [2.05, 4.69) is 25.2 Å². The van der Waals surface area contributed by atoms with Crippen molar-refractivity contribution in [1.82, 2.24) is 19.9 Å². The Morgan fingerprint density at radius 2 is 1.69 bits per heavy atom. The Bertz CT molecular complexity index is 334. The summed E-state index contributed by atoms with van der Waals surface area (Å²) in [5, 5.41) is 3.31. The SMILES string of the molecule is Clc1nc(Cl)nc(NCCN2CCCC2)n1. The molecule has 0 saturated carbocycles. The van der Waals surface area contributed by atoms with Crippen LogP contribution < -0.4 is 5.32 Å². The van der Waals surface area contributed by atoms with E-state index < -0.39 is 0 Å². The molecule has 1 aromatic heterocycles. The van der Waals surface area contributed by atoms with Crippen molar-refractivity contribution in [2.75, 3.05) is 31.5 Å². The third-order valence-electron chi connectivity index (χ3n) is 2.49. The first-order valence-electron chi connectivity index (χ1n) is 5.27. The molecule has 0 aliphatic carbocycles. The number of nitrogens with one attached hydrogen (secondary N) is 1. The van der Waals surface area contributed by atoms with Gasteiger partial charge in [-0.3, -0.25) is 0 Å². The monoisotopic (exact) mass is 261 g/mol. The molecule has 5 nitrogen and oxygen atoms in total. The summed E-state index contributed by atoms with van der Waals surface area (Å²) < 4.78 is 0. The Hall–Kier alpha value is -0.650. The van der Waals surface area contributed by atoms with Crippen molar-refractivity contribution in [3.05, 3.63) is 10.6 Å². The summed E-state index contributed by atoms with van der Waals surface area (Å²) in [6, 6.07) is 0. The first-order chi connectivity index (χ1) is 7.74. The summed E-state index contributed by atoms with van der Waals surface area (Å²) in [7, 11) is 0. The van der Waals surface area contributed by atoms with Gasteiger partial charge in [0.05, 0.1) is 0 Å². The molecule has 16 heavy (non-hydrogen) atoms. The van der Waals surface area contributed by atoms with Crippen molar-refractivity contribution in [2.24, 2.45) is 0 Å². The molecular formula is C9H13Cl2N5. The van der Waals surface area contributed by atoms with Gasteiger partial charge >= 0.3 is 0 Å². The Balaban J connectivity index is 1.80. The van der Waals surface area contributed by atoms with Crippen LogP contribution in [0.2, 0.25) is 10.6 Å². The van der Waals surface area contributed by atoms with E-state index >= 15 is 0 Å². The average Bonchev–Trinajstić information content (AvgIpc) is 2.69. The number of halogens is 2. The maximum atomic E-state index is 5.66. The number of rotatable bonds is 4. The lowest BCUT2D eigenvalue weighted by Crippen LogP contribution is -2.26. The third kappa shape index (κ3) is 3.43. The van der Waals surface area contributed by atoms with Crippen molar-refractivity contribution in [2.45, 2.75) is 12.8 Å². The van der Waals surface area contributed by atoms with E-state index in [1.807, 2.05) is 0 Å². The number of nitrogens with zero attached hydrogens (tertiary/aromatic N) is 4. The van der Waals surface area contributed by atoms with Crippen LogP contribution in [0.3, 0.4) is 0 Å². The second kappa shape index (κ2) is 5.61. The minimum atomic E-state index is 0.115. The molecule has 1 aliphatic heterocycles. The molecular weight excluding hydrogens is 249 g/mol. The zero-order valence-electron chi connectivity index (χ0n) is 8.79. The van der Waals surface area contributed by atoms with E-state index in [9.17, 15) is 0 Å². The van der Waals surface area contributed by atoms with Gasteiger partial charge in [-0.25, -0.2) is 0 Å². The summed E-state index contributed by atoms with van der Waals surface area (Å²) in [5.41, 5.74) is 0. The van der Waals surface area contributed by atoms with Crippen LogP contribution in [0.15, 0.2) is 0 Å². The van der Waals surface area contributed by atoms with E-state index in [0.717, 1.165) is 13.1 Å². The van der Waals surface area contributed by atoms with Crippen LogP contribution in [0.5, 0.6) is 0 Å². The van der Waals surface area contributed by atoms with Gasteiger partial charge in [-0.05, 0) is 49.1 Å². The molecule has 1 aliphatic rings. The molecule has 2 rings (SSSR count). The quantitative estimate of drug-likeness (QED) is 0.894. The highest BCUT2D eigenvalue weighted by Crippen LogP contribution is 2.10. The van der Waals surface area contributed by atoms with Gasteiger partial charge < -0.3 is 10.2 Å². The summed E-state index contributed by atoms with van der Waals surface area (Å²) in [4.78, 5) is 13.9. The number of hydrogen-bond donors (Lipinski definition) is 1. The van der Waals surface area contributed by atoms with Gasteiger partial charge in [-0.15, -0.1) is 0 Å². The van der Waals surface area contributed by atoms with Gasteiger partial charge in [0, 0.05) is 13.1 Å². The fourth-order valence-corrected chi connectivity index (χ4v) is 2.10. The molecule has 1 fully saturated rings. The van der Waals surface area contributed by atoms with E-state index in [0.29, 0.717) is 5.95 Å². The van der Waals surface area contributed by atoms with E-state index in [-0.39, 0.29) is 10.6 Å². The molecule has 0 spiro atoms. The Kier molecular flexibility index (Phi) is 4.15. The number of aromatic nitrogens is 3. The summed E-state index contributed by atoms with van der Waals surface area (Å²) >= 11 is 11.3. The van der Waals surface area contributed by atoms with Crippen LogP contribution in [-0.4, -0.2) is 46.0 Å². The summed E-state index contributed by atoms with van der Waals surface area (Å²) in [5.74, 6) is 0.434. The van der Waals surface area contributed by atoms with Gasteiger partial charge in [0.1, 0.15) is 0 Å². The highest BCUT2D eigenvalue weighted by atomic mass is 35.5. The second-order valence-corrected chi connectivity index (χ2v) is 4.35. The smallest absolute Gasteiger partial charge is 0.228 e. The maximum Gasteiger partial charge on any atom is 0.228 e. The predicted molar refractivity (Wildman–Crippen MR) is 64.0 cm³/mol. The van der Waals surface area contributed by atoms with Gasteiger partial charge in [0.2, 0.25) is 16.5 Å². The molecule has 1 saturated heterocycles. The lowest BCUT2D eigenvalue weighted by molar-refractivity contribution is 0.352. The Labute approximate surface area is 104 Å². The number of hydrogen-bond acceptors (Lipinski definition) is 5. The summed E-state index contributed by atoms with van der Waals surface area (Å²) in [6.07, 6.45) is 2.59. The number of likely N-dealkylation sites (tertiary alicyclic amines) is 1. The van der Waals surface area contributed by atoms with Crippen LogP contribution in [0.25, 0.3) is 0 Å². The van der Waals surface area contributed by atoms with Gasteiger partial charge in [-0.1, -0.05) is 0 Å². The third-order valence-corrected chi connectivity index (χ3v) is 2.83. The fraction of sp³-hybridized carbons (Fsp3) is 0.667. The molecule has 7 heteroatoms. The molecule has 1 N–H and O–H groups in total. The standard InChI is InChI=1S/C9H13Cl2N5/c10-7-13-8(11)15-9(14-7)12-3-6-16-4-1-2-5-16/h1-6H2,(H,12,13,14,15). The first kappa shape index (κ1) is 11.8. The minimum absolute atomic E-state index is 0.115. The zero-order chi connectivity index (χ0) is 11.4. The van der Waals surface area contributed by atoms with Crippen LogP contribution in [0.4, 0.5) is 5.95 Å². The van der Waals surface area contributed by atoms with Gasteiger partial charge in [0.15, 0.2) is 0 Å². The molecule has 2 heterocycles. The first-order valence-corrected chi connectivity index (χ1v) is 6.03. The summed E-state index contributed by atoms with van der Waals surface area (Å²) in [6.45, 7) is 4.14. The normalized spacial score (nSPS) is 16.6. The maximum absolute atomic E-state index is 5.66. The zero-order valence-corrected chi connectivity index (χ0v) is 10.3. The lowest BCUT2D eigenvalue weighted by atomic mass is 10.4. The van der Waals surface area contributed by atoms with Crippen LogP contribution in [0.1, 0.15) is 12.8 Å². The molecule has 0 bridgehead atoms. The number of anilines is 1. The molecule has 0 amide bonds. The van der Waals surface area contributed by atoms with Crippen LogP contribution >= 0.6 is 23.2 Å². The largest absolute Gasteiger partial charge is 0.353 e. The van der Waals surface area contributed by atoms with Crippen molar-refractivity contribution < 1.29 is 0 Å². The van der Waals surface area contributed by atoms with Crippen molar-refractivity contribution in [3.8, 4) is 0 Å². The highest BCUT2D eigenvalue weighted by molar-refractivity contribution is 6.31. The molecule has 1 aromatic rings. The lowest BCUT2D eigenvalue weighted by Gasteiger charge is -2.14. The Morgan fingerprint density at radius 3 is 2.31 bits per heavy atom. The van der Waals surface area contributed by atoms with Crippen LogP contribution in [-0.2, 0) is 0 Å². The molecule has 0 aromatic carbocycles. The van der Waals surface area contributed by atoms with Crippen molar-refractivity contribution >= 4 is 29.2 Å². The van der Waals surface area contributed by atoms with Crippen molar-refractivity contribution in [1.29, 1.82) is 0 Å². The average molecular weight is 262 g/mol. The van der Waals surface area contributed by atoms with Gasteiger partial charge in [-0.2, -0.15) is 15.0 Å². The fourth-order valence-electron chi connectivity index (χ4n) is 1.74. The topological polar surface area (TPSA) is 53.9 Å². The molecule has 0 atom stereocenters. The van der Waals surface area contributed by atoms with Crippen molar-refractivity contribution in [3.63, 3.8) is 0 Å². The van der Waals surface area contributed by atoms with Gasteiger partial charge in [0.25, 0.3) is 0 Å². The molecule has 0 unspecified atom stereocenters.